The molecule has 3 saturated carbocycles. The molecule has 1 aromatic carbocycles. The molecular formula is C25H31NO5S. The van der Waals surface area contributed by atoms with Crippen molar-refractivity contribution in [2.45, 2.75) is 82.0 Å². The van der Waals surface area contributed by atoms with E-state index < -0.39 is 12.1 Å². The van der Waals surface area contributed by atoms with E-state index >= 15 is 0 Å². The van der Waals surface area contributed by atoms with Crippen molar-refractivity contribution in [1.82, 2.24) is 4.98 Å². The van der Waals surface area contributed by atoms with Gasteiger partial charge in [0.2, 0.25) is 0 Å². The van der Waals surface area contributed by atoms with Gasteiger partial charge in [0.1, 0.15) is 16.9 Å². The zero-order valence-corrected chi connectivity index (χ0v) is 19.2. The van der Waals surface area contributed by atoms with Gasteiger partial charge in [-0.15, -0.1) is 11.3 Å². The van der Waals surface area contributed by atoms with Gasteiger partial charge in [0.15, 0.2) is 5.69 Å². The second-order valence-corrected chi connectivity index (χ2v) is 10.4. The fourth-order valence-corrected chi connectivity index (χ4v) is 5.71. The van der Waals surface area contributed by atoms with E-state index in [1.54, 1.807) is 5.38 Å². The van der Waals surface area contributed by atoms with Crippen LogP contribution in [0.5, 0.6) is 5.75 Å². The van der Waals surface area contributed by atoms with Gasteiger partial charge >= 0.3 is 5.97 Å². The summed E-state index contributed by atoms with van der Waals surface area (Å²) in [5, 5.41) is 21.9. The number of carboxylic acid groups (broad SMARTS) is 1. The Morgan fingerprint density at radius 1 is 1.19 bits per heavy atom. The molecule has 7 heteroatoms. The molecule has 0 aliphatic heterocycles. The number of nitrogens with zero attached hydrogens (tertiary/aromatic N) is 1. The second kappa shape index (κ2) is 9.12. The number of benzene rings is 1. The quantitative estimate of drug-likeness (QED) is 0.504. The number of aliphatic hydroxyl groups excluding tert-OH is 1. The molecule has 2 aromatic rings. The molecule has 0 bridgehead atoms. The van der Waals surface area contributed by atoms with Crippen molar-refractivity contribution in [2.75, 3.05) is 6.61 Å². The Morgan fingerprint density at radius 2 is 1.94 bits per heavy atom. The fourth-order valence-electron chi connectivity index (χ4n) is 4.80. The normalized spacial score (nSPS) is 26.2. The van der Waals surface area contributed by atoms with Crippen molar-refractivity contribution >= 4 is 17.3 Å². The number of thiazole rings is 1. The van der Waals surface area contributed by atoms with Crippen molar-refractivity contribution in [2.24, 2.45) is 5.92 Å². The number of carboxylic acids is 1. The van der Waals surface area contributed by atoms with Crippen LogP contribution in [0, 0.1) is 5.92 Å². The average Bonchev–Trinajstić information content (AvgIpc) is 3.71. The lowest BCUT2D eigenvalue weighted by atomic mass is 9.99. The Labute approximate surface area is 192 Å². The number of hydrogen-bond donors (Lipinski definition) is 2. The van der Waals surface area contributed by atoms with E-state index in [4.69, 9.17) is 14.6 Å². The molecule has 4 atom stereocenters. The summed E-state index contributed by atoms with van der Waals surface area (Å²) in [6.07, 6.45) is 6.40. The molecule has 1 aromatic heterocycles. The molecule has 3 unspecified atom stereocenters. The Hall–Kier alpha value is -1.96. The zero-order valence-electron chi connectivity index (χ0n) is 18.4. The van der Waals surface area contributed by atoms with E-state index in [9.17, 15) is 9.90 Å². The van der Waals surface area contributed by atoms with Gasteiger partial charge in [-0.1, -0.05) is 13.0 Å². The third-order valence-corrected chi connectivity index (χ3v) is 7.85. The first kappa shape index (κ1) is 21.9. The van der Waals surface area contributed by atoms with Gasteiger partial charge in [-0.2, -0.15) is 0 Å². The summed E-state index contributed by atoms with van der Waals surface area (Å²) in [7, 11) is 0. The predicted octanol–water partition coefficient (Wildman–Crippen LogP) is 5.28. The molecule has 0 radical (unpaired) electrons. The topological polar surface area (TPSA) is 88.9 Å². The van der Waals surface area contributed by atoms with Gasteiger partial charge in [0, 0.05) is 11.3 Å². The third-order valence-electron chi connectivity index (χ3n) is 6.91. The van der Waals surface area contributed by atoms with Gasteiger partial charge in [0.25, 0.3) is 0 Å². The molecule has 3 aliphatic carbocycles. The van der Waals surface area contributed by atoms with Crippen molar-refractivity contribution in [3.63, 3.8) is 0 Å². The average molecular weight is 458 g/mol. The molecule has 5 rings (SSSR count). The summed E-state index contributed by atoms with van der Waals surface area (Å²) in [4.78, 5) is 15.3. The van der Waals surface area contributed by atoms with E-state index in [1.807, 2.05) is 6.92 Å². The van der Waals surface area contributed by atoms with Crippen LogP contribution in [0.3, 0.4) is 0 Å². The van der Waals surface area contributed by atoms with Gasteiger partial charge in [0.05, 0.1) is 18.8 Å². The molecule has 6 nitrogen and oxygen atoms in total. The second-order valence-electron chi connectivity index (χ2n) is 9.48. The molecule has 0 spiro atoms. The van der Waals surface area contributed by atoms with E-state index in [1.165, 1.54) is 48.1 Å². The maximum atomic E-state index is 11.1. The van der Waals surface area contributed by atoms with Crippen molar-refractivity contribution in [3.05, 3.63) is 45.4 Å². The van der Waals surface area contributed by atoms with Gasteiger partial charge in [-0.25, -0.2) is 9.78 Å². The van der Waals surface area contributed by atoms with Crippen molar-refractivity contribution in [3.8, 4) is 5.75 Å². The van der Waals surface area contributed by atoms with E-state index in [-0.39, 0.29) is 23.8 Å². The minimum Gasteiger partial charge on any atom is -0.493 e. The zero-order chi connectivity index (χ0) is 22.2. The minimum atomic E-state index is -1.02. The summed E-state index contributed by atoms with van der Waals surface area (Å²) < 4.78 is 12.4. The van der Waals surface area contributed by atoms with Crippen LogP contribution in [0.1, 0.15) is 96.4 Å². The van der Waals surface area contributed by atoms with Crippen LogP contribution in [0.4, 0.5) is 0 Å². The minimum absolute atomic E-state index is 0.0239. The maximum absolute atomic E-state index is 11.1. The smallest absolute Gasteiger partial charge is 0.355 e. The molecule has 0 amide bonds. The molecule has 0 saturated heterocycles. The van der Waals surface area contributed by atoms with E-state index in [0.29, 0.717) is 30.4 Å². The molecule has 2 N–H and O–H groups in total. The Balaban J connectivity index is 1.17. The molecule has 172 valence electrons. The standard InChI is InChI=1S/C25H31NO5S/c1-2-23(24-26-21(13-32-24)25(28)29)31-18-9-16(22(27)11-18)12-30-17-7-8-19(14-3-4-14)20(10-17)15-5-6-15/h7-8,10,13-16,18,22-23,27H,2-6,9,11-12H2,1H3,(H,28,29)/t16?,18-,22?,23?/m1/s1. The van der Waals surface area contributed by atoms with E-state index in [0.717, 1.165) is 18.1 Å². The Morgan fingerprint density at radius 3 is 2.59 bits per heavy atom. The fraction of sp³-hybridized carbons (Fsp3) is 0.600. The number of aromatic carboxylic acids is 1. The predicted molar refractivity (Wildman–Crippen MR) is 122 cm³/mol. The van der Waals surface area contributed by atoms with Crippen LogP contribution in [0.15, 0.2) is 23.6 Å². The highest BCUT2D eigenvalue weighted by Gasteiger charge is 2.36. The van der Waals surface area contributed by atoms with Gasteiger partial charge in [-0.05, 0) is 80.0 Å². The van der Waals surface area contributed by atoms with Gasteiger partial charge < -0.3 is 19.7 Å². The first-order valence-corrected chi connectivity index (χ1v) is 12.7. The number of aromatic nitrogens is 1. The van der Waals surface area contributed by atoms with Crippen LogP contribution >= 0.6 is 11.3 Å². The highest BCUT2D eigenvalue weighted by atomic mass is 32.1. The number of aliphatic hydroxyl groups is 1. The summed E-state index contributed by atoms with van der Waals surface area (Å²) in [5.74, 6) is 1.37. The number of rotatable bonds is 10. The summed E-state index contributed by atoms with van der Waals surface area (Å²) in [5.41, 5.74) is 3.06. The van der Waals surface area contributed by atoms with E-state index in [2.05, 4.69) is 23.2 Å². The monoisotopic (exact) mass is 457 g/mol. The Bertz CT molecular complexity index is 967. The lowest BCUT2D eigenvalue weighted by Crippen LogP contribution is -2.20. The highest BCUT2D eigenvalue weighted by molar-refractivity contribution is 7.09. The van der Waals surface area contributed by atoms with Crippen LogP contribution < -0.4 is 4.74 Å². The molecule has 32 heavy (non-hydrogen) atoms. The molecule has 1 heterocycles. The van der Waals surface area contributed by atoms with Crippen LogP contribution in [0.25, 0.3) is 0 Å². The van der Waals surface area contributed by atoms with Crippen molar-refractivity contribution in [1.29, 1.82) is 0 Å². The van der Waals surface area contributed by atoms with Crippen LogP contribution in [-0.4, -0.2) is 40.0 Å². The molecular weight excluding hydrogens is 426 g/mol. The molecule has 3 aliphatic rings. The SMILES string of the molecule is CCC(O[C@H]1CC(O)C(COc2ccc(C3CC3)c(C3CC3)c2)C1)c1nc(C(=O)O)cs1. The lowest BCUT2D eigenvalue weighted by Gasteiger charge is -2.19. The number of hydrogen-bond acceptors (Lipinski definition) is 6. The summed E-state index contributed by atoms with van der Waals surface area (Å²) in [6.45, 7) is 2.48. The number of carbonyl (C=O) groups is 1. The first-order chi connectivity index (χ1) is 15.5. The first-order valence-electron chi connectivity index (χ1n) is 11.8. The maximum Gasteiger partial charge on any atom is 0.355 e. The van der Waals surface area contributed by atoms with Crippen molar-refractivity contribution < 1.29 is 24.5 Å². The largest absolute Gasteiger partial charge is 0.493 e. The lowest BCUT2D eigenvalue weighted by molar-refractivity contribution is -0.0178. The van der Waals surface area contributed by atoms with Crippen LogP contribution in [0.2, 0.25) is 0 Å². The molecule has 3 fully saturated rings. The number of ether oxygens (including phenoxy) is 2. The third kappa shape index (κ3) is 4.85. The van der Waals surface area contributed by atoms with Crippen LogP contribution in [-0.2, 0) is 4.74 Å². The Kier molecular flexibility index (Phi) is 6.23. The summed E-state index contributed by atoms with van der Waals surface area (Å²) >= 11 is 1.32. The summed E-state index contributed by atoms with van der Waals surface area (Å²) in [6, 6.07) is 6.57. The van der Waals surface area contributed by atoms with Gasteiger partial charge in [-0.3, -0.25) is 0 Å². The highest BCUT2D eigenvalue weighted by Crippen LogP contribution is 2.50.